The number of aryl methyl sites for hydroxylation is 1. The zero-order valence-electron chi connectivity index (χ0n) is 10.8. The number of pyridine rings is 1. The molecule has 0 aliphatic carbocycles. The van der Waals surface area contributed by atoms with Crippen molar-refractivity contribution in [3.8, 4) is 17.1 Å². The highest BCUT2D eigenvalue weighted by molar-refractivity contribution is 5.68. The Labute approximate surface area is 110 Å². The zero-order chi connectivity index (χ0) is 13.4. The van der Waals surface area contributed by atoms with E-state index in [9.17, 15) is 0 Å². The number of hydrogen-bond donors (Lipinski definition) is 1. The van der Waals surface area contributed by atoms with Crippen molar-refractivity contribution in [3.63, 3.8) is 0 Å². The Hall–Kier alpha value is -2.56. The molecule has 0 atom stereocenters. The summed E-state index contributed by atoms with van der Waals surface area (Å²) in [5.74, 6) is 1.46. The molecule has 0 unspecified atom stereocenters. The van der Waals surface area contributed by atoms with Crippen LogP contribution in [-0.2, 0) is 0 Å². The fourth-order valence-corrected chi connectivity index (χ4v) is 1.96. The fourth-order valence-electron chi connectivity index (χ4n) is 1.96. The molecule has 0 bridgehead atoms. The summed E-state index contributed by atoms with van der Waals surface area (Å²) in [5, 5.41) is 4.48. The van der Waals surface area contributed by atoms with Gasteiger partial charge < -0.3 is 10.5 Å². The van der Waals surface area contributed by atoms with Crippen LogP contribution >= 0.6 is 0 Å². The van der Waals surface area contributed by atoms with Crippen molar-refractivity contribution in [1.29, 1.82) is 0 Å². The Morgan fingerprint density at radius 2 is 1.84 bits per heavy atom. The second-order valence-electron chi connectivity index (χ2n) is 4.33. The van der Waals surface area contributed by atoms with Crippen LogP contribution in [0.3, 0.4) is 0 Å². The van der Waals surface area contributed by atoms with Crippen LogP contribution < -0.4 is 10.5 Å². The molecule has 0 fully saturated rings. The molecule has 5 nitrogen and oxygen atoms in total. The zero-order valence-corrected chi connectivity index (χ0v) is 10.8. The molecule has 96 valence electrons. The van der Waals surface area contributed by atoms with E-state index in [0.717, 1.165) is 17.0 Å². The van der Waals surface area contributed by atoms with Crippen molar-refractivity contribution in [2.24, 2.45) is 0 Å². The Morgan fingerprint density at radius 1 is 1.11 bits per heavy atom. The summed E-state index contributed by atoms with van der Waals surface area (Å²) in [6, 6.07) is 11.4. The van der Waals surface area contributed by atoms with Crippen LogP contribution in [-0.4, -0.2) is 21.7 Å². The third-order valence-electron chi connectivity index (χ3n) is 3.05. The van der Waals surface area contributed by atoms with Crippen LogP contribution in [0.5, 0.6) is 5.75 Å². The highest BCUT2D eigenvalue weighted by Crippen LogP contribution is 2.22. The van der Waals surface area contributed by atoms with E-state index in [2.05, 4.69) is 10.1 Å². The molecule has 0 radical (unpaired) electrons. The molecule has 1 aromatic carbocycles. The van der Waals surface area contributed by atoms with Crippen molar-refractivity contribution in [3.05, 3.63) is 42.1 Å². The summed E-state index contributed by atoms with van der Waals surface area (Å²) in [6.45, 7) is 1.97. The van der Waals surface area contributed by atoms with Gasteiger partial charge >= 0.3 is 0 Å². The number of rotatable bonds is 2. The lowest BCUT2D eigenvalue weighted by Gasteiger charge is -1.99. The van der Waals surface area contributed by atoms with Crippen LogP contribution in [0.15, 0.2) is 36.4 Å². The molecule has 3 aromatic rings. The van der Waals surface area contributed by atoms with E-state index < -0.39 is 0 Å². The lowest BCUT2D eigenvalue weighted by atomic mass is 10.2. The van der Waals surface area contributed by atoms with Gasteiger partial charge in [-0.2, -0.15) is 0 Å². The third kappa shape index (κ3) is 1.89. The lowest BCUT2D eigenvalue weighted by Crippen LogP contribution is -1.97. The van der Waals surface area contributed by atoms with Gasteiger partial charge in [-0.1, -0.05) is 0 Å². The molecule has 0 amide bonds. The van der Waals surface area contributed by atoms with Crippen molar-refractivity contribution in [1.82, 2.24) is 14.6 Å². The molecule has 2 aromatic heterocycles. The quantitative estimate of drug-likeness (QED) is 0.762. The topological polar surface area (TPSA) is 65.4 Å². The maximum absolute atomic E-state index is 5.92. The number of ether oxygens (including phenoxy) is 1. The van der Waals surface area contributed by atoms with Crippen LogP contribution in [0, 0.1) is 6.92 Å². The van der Waals surface area contributed by atoms with Gasteiger partial charge in [0.15, 0.2) is 11.5 Å². The van der Waals surface area contributed by atoms with Gasteiger partial charge in [0.25, 0.3) is 0 Å². The Kier molecular flexibility index (Phi) is 2.59. The van der Waals surface area contributed by atoms with E-state index in [1.807, 2.05) is 43.3 Å². The fraction of sp³-hybridized carbons (Fsp3) is 0.143. The van der Waals surface area contributed by atoms with Crippen molar-refractivity contribution >= 4 is 11.3 Å². The number of fused-ring (bicyclic) bond motifs is 1. The lowest BCUT2D eigenvalue weighted by molar-refractivity contribution is 0.415. The number of benzene rings is 1. The normalized spacial score (nSPS) is 10.8. The minimum Gasteiger partial charge on any atom is -0.497 e. The first-order chi connectivity index (χ1) is 9.19. The first kappa shape index (κ1) is 11.5. The van der Waals surface area contributed by atoms with Gasteiger partial charge in [0.05, 0.1) is 12.8 Å². The van der Waals surface area contributed by atoms with Crippen molar-refractivity contribution in [2.75, 3.05) is 12.8 Å². The number of nitrogen functional groups attached to an aromatic ring is 1. The monoisotopic (exact) mass is 254 g/mol. The second kappa shape index (κ2) is 4.28. The number of hydrogen-bond acceptors (Lipinski definition) is 4. The van der Waals surface area contributed by atoms with Gasteiger partial charge in [0, 0.05) is 11.3 Å². The summed E-state index contributed by atoms with van der Waals surface area (Å²) in [7, 11) is 1.64. The first-order valence-electron chi connectivity index (χ1n) is 5.95. The largest absolute Gasteiger partial charge is 0.497 e. The average molecular weight is 254 g/mol. The smallest absolute Gasteiger partial charge is 0.182 e. The summed E-state index contributed by atoms with van der Waals surface area (Å²) in [4.78, 5) is 4.48. The summed E-state index contributed by atoms with van der Waals surface area (Å²) < 4.78 is 6.90. The molecular weight excluding hydrogens is 240 g/mol. The number of nitrogens with two attached hydrogens (primary N) is 1. The van der Waals surface area contributed by atoms with E-state index in [-0.39, 0.29) is 0 Å². The third-order valence-corrected chi connectivity index (χ3v) is 3.05. The van der Waals surface area contributed by atoms with E-state index in [4.69, 9.17) is 10.5 Å². The minimum absolute atomic E-state index is 0.623. The van der Waals surface area contributed by atoms with E-state index in [1.54, 1.807) is 11.6 Å². The molecule has 0 aliphatic heterocycles. The molecule has 0 spiro atoms. The van der Waals surface area contributed by atoms with Crippen LogP contribution in [0.2, 0.25) is 0 Å². The average Bonchev–Trinajstić information content (AvgIpc) is 2.89. The highest BCUT2D eigenvalue weighted by Gasteiger charge is 2.10. The van der Waals surface area contributed by atoms with Gasteiger partial charge in [0.2, 0.25) is 0 Å². The van der Waals surface area contributed by atoms with Crippen LogP contribution in [0.1, 0.15) is 5.69 Å². The van der Waals surface area contributed by atoms with Crippen LogP contribution in [0.4, 0.5) is 5.69 Å². The number of aromatic nitrogens is 3. The van der Waals surface area contributed by atoms with Crippen molar-refractivity contribution in [2.45, 2.75) is 6.92 Å². The molecule has 5 heteroatoms. The maximum Gasteiger partial charge on any atom is 0.182 e. The SMILES string of the molecule is COc1ccc(-c2nc3c(N)ccc(C)n3n2)cc1. The Balaban J connectivity index is 2.14. The Morgan fingerprint density at radius 3 is 2.47 bits per heavy atom. The summed E-state index contributed by atoms with van der Waals surface area (Å²) in [6.07, 6.45) is 0. The van der Waals surface area contributed by atoms with E-state index in [0.29, 0.717) is 17.2 Å². The minimum atomic E-state index is 0.623. The van der Waals surface area contributed by atoms with Gasteiger partial charge in [-0.05, 0) is 43.3 Å². The second-order valence-corrected chi connectivity index (χ2v) is 4.33. The molecule has 0 saturated heterocycles. The number of anilines is 1. The predicted octanol–water partition coefficient (Wildman–Crippen LogP) is 2.30. The molecule has 19 heavy (non-hydrogen) atoms. The predicted molar refractivity (Wildman–Crippen MR) is 74.1 cm³/mol. The summed E-state index contributed by atoms with van der Waals surface area (Å²) >= 11 is 0. The number of methoxy groups -OCH3 is 1. The van der Waals surface area contributed by atoms with Gasteiger partial charge in [-0.25, -0.2) is 9.50 Å². The van der Waals surface area contributed by atoms with E-state index in [1.165, 1.54) is 0 Å². The number of nitrogens with zero attached hydrogens (tertiary/aromatic N) is 3. The molecule has 2 N–H and O–H groups in total. The maximum atomic E-state index is 5.92. The first-order valence-corrected chi connectivity index (χ1v) is 5.95. The van der Waals surface area contributed by atoms with Crippen LogP contribution in [0.25, 0.3) is 17.0 Å². The Bertz CT molecular complexity index is 692. The van der Waals surface area contributed by atoms with Gasteiger partial charge in [-0.15, -0.1) is 5.10 Å². The molecule has 0 saturated carbocycles. The van der Waals surface area contributed by atoms with E-state index >= 15 is 0 Å². The molecular formula is C14H14N4O. The summed E-state index contributed by atoms with van der Waals surface area (Å²) in [5.41, 5.74) is 9.16. The van der Waals surface area contributed by atoms with Gasteiger partial charge in [0.1, 0.15) is 5.75 Å². The molecule has 2 heterocycles. The molecule has 0 aliphatic rings. The molecule has 3 rings (SSSR count). The van der Waals surface area contributed by atoms with Crippen molar-refractivity contribution < 1.29 is 4.74 Å². The highest BCUT2D eigenvalue weighted by atomic mass is 16.5. The van der Waals surface area contributed by atoms with Gasteiger partial charge in [-0.3, -0.25) is 0 Å². The standard InChI is InChI=1S/C14H14N4O/c1-9-3-8-12(15)14-16-13(17-18(9)14)10-4-6-11(19-2)7-5-10/h3-8H,15H2,1-2H3.